The minimum atomic E-state index is -1.32. The van der Waals surface area contributed by atoms with Gasteiger partial charge in [-0.1, -0.05) is 12.8 Å². The second-order valence-corrected chi connectivity index (χ2v) is 14.0. The van der Waals surface area contributed by atoms with Gasteiger partial charge in [0.05, 0.1) is 37.6 Å². The molecule has 17 heteroatoms. The zero-order chi connectivity index (χ0) is 36.8. The molecule has 290 valence electrons. The molecule has 15 nitrogen and oxygen atoms in total. The molecule has 0 saturated heterocycles. The summed E-state index contributed by atoms with van der Waals surface area (Å²) < 4.78 is 48.5. The van der Waals surface area contributed by atoms with Crippen LogP contribution in [0, 0.1) is 0 Å². The summed E-state index contributed by atoms with van der Waals surface area (Å²) in [5.41, 5.74) is -2.65. The van der Waals surface area contributed by atoms with Gasteiger partial charge in [0.15, 0.2) is 11.2 Å². The van der Waals surface area contributed by atoms with E-state index in [-0.39, 0.29) is 91.8 Å². The maximum absolute atomic E-state index is 12.6. The van der Waals surface area contributed by atoms with Crippen molar-refractivity contribution in [3.8, 4) is 0 Å². The molecular formula is C34H58O15Y2. The number of hydrogen-bond acceptors (Lipinski definition) is 15. The van der Waals surface area contributed by atoms with E-state index in [1.807, 2.05) is 0 Å². The Labute approximate surface area is 352 Å². The van der Waals surface area contributed by atoms with E-state index < -0.39 is 84.3 Å². The first-order valence-corrected chi connectivity index (χ1v) is 17.3. The molecule has 0 bridgehead atoms. The molecule has 2 radical (unpaired) electrons. The number of carbonyl (C=O) groups is 4. The first-order chi connectivity index (χ1) is 22.9. The van der Waals surface area contributed by atoms with Crippen molar-refractivity contribution < 1.29 is 137 Å². The normalized spacial score (nSPS) is 23.1. The molecule has 0 aliphatic heterocycles. The van der Waals surface area contributed by atoms with Crippen LogP contribution in [0.2, 0.25) is 0 Å². The van der Waals surface area contributed by atoms with Crippen molar-refractivity contribution in [2.75, 3.05) is 26.4 Å². The molecule has 0 amide bonds. The molecule has 2 fully saturated rings. The largest absolute Gasteiger partial charge is 0.508 e. The number of hydrogen-bond donors (Lipinski definition) is 2. The Morgan fingerprint density at radius 3 is 1.24 bits per heavy atom. The zero-order valence-corrected chi connectivity index (χ0v) is 37.1. The summed E-state index contributed by atoms with van der Waals surface area (Å²) in [4.78, 5) is 49.5. The minimum Gasteiger partial charge on any atom is -0.457 e. The van der Waals surface area contributed by atoms with E-state index in [1.165, 1.54) is 0 Å². The van der Waals surface area contributed by atoms with Crippen molar-refractivity contribution in [1.82, 2.24) is 0 Å². The van der Waals surface area contributed by atoms with E-state index in [2.05, 4.69) is 0 Å². The number of carbonyl (C=O) groups excluding carboxylic acids is 4. The van der Waals surface area contributed by atoms with Crippen LogP contribution in [-0.2, 0) is 118 Å². The number of aliphatic hydroxyl groups excluding tert-OH is 2. The minimum absolute atomic E-state index is 0. The summed E-state index contributed by atoms with van der Waals surface area (Å²) in [5.74, 6) is -1.21. The number of aliphatic hydroxyl groups is 2. The van der Waals surface area contributed by atoms with E-state index in [9.17, 15) is 29.4 Å². The molecule has 0 aromatic carbocycles. The third kappa shape index (κ3) is 19.6. The fourth-order valence-electron chi connectivity index (χ4n) is 5.39. The molecule has 0 heterocycles. The SMILES string of the molecule is CC(COCC(C)OC(=O)OCC(C)OC(C)(C)C(=O)OC1CCCCC1O)OC(=O)OCC(C)OC(C)(C)C(=O)OC1CCCCC1O.[Y].[Y]. The van der Waals surface area contributed by atoms with Gasteiger partial charge in [-0.25, -0.2) is 19.2 Å². The molecule has 0 aromatic rings. The van der Waals surface area contributed by atoms with Gasteiger partial charge in [0, 0.05) is 65.4 Å². The average Bonchev–Trinajstić information content (AvgIpc) is 3.00. The third-order valence-electron chi connectivity index (χ3n) is 8.00. The standard InChI is InChI=1S/C34H58O15.2Y/c1-21(44-31(39)42-19-23(3)48-33(5,6)29(37)46-27-15-11-9-13-25(27)35)17-41-18-22(2)45-32(40)43-20-24(4)49-34(7,8)30(38)47-28-16-12-10-14-26(28)36;;/h21-28,35-36H,9-20H2,1-8H3;;. The van der Waals surface area contributed by atoms with Gasteiger partial charge in [-0.3, -0.25) is 0 Å². The summed E-state index contributed by atoms with van der Waals surface area (Å²) >= 11 is 0. The predicted octanol–water partition coefficient (Wildman–Crippen LogP) is 4.14. The summed E-state index contributed by atoms with van der Waals surface area (Å²) in [6.07, 6.45) is -1.21. The van der Waals surface area contributed by atoms with E-state index in [0.29, 0.717) is 25.7 Å². The maximum atomic E-state index is 12.6. The van der Waals surface area contributed by atoms with Crippen molar-refractivity contribution in [1.29, 1.82) is 0 Å². The second-order valence-electron chi connectivity index (χ2n) is 14.0. The summed E-state index contributed by atoms with van der Waals surface area (Å²) in [6.45, 7) is 12.3. The predicted molar refractivity (Wildman–Crippen MR) is 173 cm³/mol. The molecule has 2 aliphatic carbocycles. The van der Waals surface area contributed by atoms with Crippen LogP contribution in [0.15, 0.2) is 0 Å². The summed E-state index contributed by atoms with van der Waals surface area (Å²) in [6, 6.07) is 0. The maximum Gasteiger partial charge on any atom is 0.508 e. The summed E-state index contributed by atoms with van der Waals surface area (Å²) in [7, 11) is 0. The number of rotatable bonds is 18. The van der Waals surface area contributed by atoms with Crippen molar-refractivity contribution in [3.05, 3.63) is 0 Å². The monoisotopic (exact) mass is 884 g/mol. The Morgan fingerprint density at radius 1 is 0.569 bits per heavy atom. The van der Waals surface area contributed by atoms with Gasteiger partial charge in [-0.15, -0.1) is 0 Å². The Kier molecular flexibility index (Phi) is 24.6. The molecule has 0 aromatic heterocycles. The second kappa shape index (κ2) is 24.8. The van der Waals surface area contributed by atoms with Crippen LogP contribution in [-0.4, -0.2) is 121 Å². The Morgan fingerprint density at radius 2 is 0.902 bits per heavy atom. The van der Waals surface area contributed by atoms with Crippen LogP contribution < -0.4 is 0 Å². The Bertz CT molecular complexity index is 979. The van der Waals surface area contributed by atoms with Gasteiger partial charge in [0.2, 0.25) is 0 Å². The van der Waals surface area contributed by atoms with E-state index in [1.54, 1.807) is 55.4 Å². The smallest absolute Gasteiger partial charge is 0.457 e. The zero-order valence-electron chi connectivity index (χ0n) is 31.5. The van der Waals surface area contributed by atoms with Crippen molar-refractivity contribution in [3.63, 3.8) is 0 Å². The van der Waals surface area contributed by atoms with Crippen molar-refractivity contribution >= 4 is 24.2 Å². The van der Waals surface area contributed by atoms with Crippen LogP contribution in [0.1, 0.15) is 107 Å². The molecule has 2 N–H and O–H groups in total. The topological polar surface area (TPSA) is 192 Å². The number of esters is 2. The fraction of sp³-hybridized carbons (Fsp3) is 0.882. The number of ether oxygens (including phenoxy) is 9. The molecule has 8 atom stereocenters. The van der Waals surface area contributed by atoms with Gasteiger partial charge < -0.3 is 52.8 Å². The molecule has 8 unspecified atom stereocenters. The van der Waals surface area contributed by atoms with Gasteiger partial charge in [-0.2, -0.15) is 0 Å². The Hall–Kier alpha value is -0.512. The molecule has 2 aliphatic rings. The van der Waals surface area contributed by atoms with Gasteiger partial charge >= 0.3 is 24.2 Å². The fourth-order valence-corrected chi connectivity index (χ4v) is 5.39. The van der Waals surface area contributed by atoms with E-state index in [4.69, 9.17) is 42.6 Å². The Balaban J connectivity index is 0.0000125. The van der Waals surface area contributed by atoms with Crippen molar-refractivity contribution in [2.45, 2.75) is 167 Å². The van der Waals surface area contributed by atoms with Crippen molar-refractivity contribution in [2.24, 2.45) is 0 Å². The van der Waals surface area contributed by atoms with Crippen LogP contribution >= 0.6 is 0 Å². The van der Waals surface area contributed by atoms with Gasteiger partial charge in [0.1, 0.15) is 37.6 Å². The van der Waals surface area contributed by atoms with E-state index >= 15 is 0 Å². The van der Waals surface area contributed by atoms with E-state index in [0.717, 1.165) is 25.7 Å². The third-order valence-corrected chi connectivity index (χ3v) is 8.00. The van der Waals surface area contributed by atoms with Crippen LogP contribution in [0.25, 0.3) is 0 Å². The van der Waals surface area contributed by atoms with Gasteiger partial charge in [-0.05, 0) is 93.9 Å². The summed E-state index contributed by atoms with van der Waals surface area (Å²) in [5, 5.41) is 20.1. The van der Waals surface area contributed by atoms with Crippen LogP contribution in [0.5, 0.6) is 0 Å². The molecular weight excluding hydrogens is 826 g/mol. The first-order valence-electron chi connectivity index (χ1n) is 17.3. The quantitative estimate of drug-likeness (QED) is 0.147. The average molecular weight is 885 g/mol. The molecule has 2 rings (SSSR count). The van der Waals surface area contributed by atoms with Crippen LogP contribution in [0.3, 0.4) is 0 Å². The van der Waals surface area contributed by atoms with Gasteiger partial charge in [0.25, 0.3) is 0 Å². The molecule has 2 saturated carbocycles. The van der Waals surface area contributed by atoms with Crippen LogP contribution in [0.4, 0.5) is 9.59 Å². The first kappa shape index (κ1) is 50.5. The molecule has 0 spiro atoms. The molecule has 51 heavy (non-hydrogen) atoms.